The van der Waals surface area contributed by atoms with Gasteiger partial charge in [-0.2, -0.15) is 0 Å². The zero-order chi connectivity index (χ0) is 12.0. The zero-order valence-corrected chi connectivity index (χ0v) is 10.6. The van der Waals surface area contributed by atoms with Gasteiger partial charge in [0.05, 0.1) is 4.90 Å². The third kappa shape index (κ3) is 3.79. The predicted molar refractivity (Wildman–Crippen MR) is 65.1 cm³/mol. The van der Waals surface area contributed by atoms with Crippen molar-refractivity contribution in [2.45, 2.75) is 16.2 Å². The van der Waals surface area contributed by atoms with Gasteiger partial charge in [0.25, 0.3) is 0 Å². The Kier molecular flexibility index (Phi) is 5.27. The lowest BCUT2D eigenvalue weighted by molar-refractivity contribution is 0.296. The fourth-order valence-corrected chi connectivity index (χ4v) is 2.66. The highest BCUT2D eigenvalue weighted by atomic mass is 32.2. The molecular formula is C10H15NO3S2. The molecule has 1 rings (SSSR count). The van der Waals surface area contributed by atoms with Gasteiger partial charge in [-0.3, -0.25) is 0 Å². The van der Waals surface area contributed by atoms with Crippen LogP contribution in [0, 0.1) is 0 Å². The first-order valence-corrected chi connectivity index (χ1v) is 7.34. The molecule has 0 spiro atoms. The monoisotopic (exact) mass is 261 g/mol. The minimum atomic E-state index is -3.34. The van der Waals surface area contributed by atoms with Gasteiger partial charge < -0.3 is 5.11 Å². The number of hydrogen-bond acceptors (Lipinski definition) is 4. The number of benzene rings is 1. The third-order valence-electron chi connectivity index (χ3n) is 1.97. The largest absolute Gasteiger partial charge is 0.396 e. The molecule has 16 heavy (non-hydrogen) atoms. The minimum absolute atomic E-state index is 0.180. The van der Waals surface area contributed by atoms with Crippen molar-refractivity contribution in [3.63, 3.8) is 0 Å². The molecule has 6 heteroatoms. The van der Waals surface area contributed by atoms with Crippen LogP contribution in [0.15, 0.2) is 34.1 Å². The Morgan fingerprint density at radius 2 is 1.94 bits per heavy atom. The highest BCUT2D eigenvalue weighted by Crippen LogP contribution is 2.20. The number of aliphatic hydroxyl groups excluding tert-OH is 1. The highest BCUT2D eigenvalue weighted by molar-refractivity contribution is 7.99. The van der Waals surface area contributed by atoms with Gasteiger partial charge in [0, 0.05) is 17.3 Å². The molecule has 0 saturated heterocycles. The lowest BCUT2D eigenvalue weighted by Crippen LogP contribution is -2.18. The second kappa shape index (κ2) is 6.24. The standard InChI is InChI=1S/C10H15NO3S2/c1-11-16(13,14)10-5-3-9(4-6-10)15-8-2-7-12/h3-6,11-12H,2,7-8H2,1H3. The number of aliphatic hydroxyl groups is 1. The lowest BCUT2D eigenvalue weighted by atomic mass is 10.4. The van der Waals surface area contributed by atoms with E-state index >= 15 is 0 Å². The summed E-state index contributed by atoms with van der Waals surface area (Å²) in [4.78, 5) is 1.27. The van der Waals surface area contributed by atoms with Crippen LogP contribution in [0.4, 0.5) is 0 Å². The zero-order valence-electron chi connectivity index (χ0n) is 9.01. The molecular weight excluding hydrogens is 246 g/mol. The molecule has 0 atom stereocenters. The van der Waals surface area contributed by atoms with Gasteiger partial charge in [-0.05, 0) is 37.7 Å². The van der Waals surface area contributed by atoms with E-state index in [1.54, 1.807) is 36.0 Å². The van der Waals surface area contributed by atoms with Gasteiger partial charge in [0.2, 0.25) is 10.0 Å². The van der Waals surface area contributed by atoms with E-state index in [1.165, 1.54) is 7.05 Å². The number of sulfonamides is 1. The van der Waals surface area contributed by atoms with Gasteiger partial charge in [-0.1, -0.05) is 0 Å². The Morgan fingerprint density at radius 1 is 1.31 bits per heavy atom. The van der Waals surface area contributed by atoms with Crippen LogP contribution in [0.1, 0.15) is 6.42 Å². The molecule has 0 radical (unpaired) electrons. The van der Waals surface area contributed by atoms with Crippen molar-refractivity contribution in [2.75, 3.05) is 19.4 Å². The topological polar surface area (TPSA) is 66.4 Å². The molecule has 0 aromatic heterocycles. The van der Waals surface area contributed by atoms with E-state index in [9.17, 15) is 8.42 Å². The van der Waals surface area contributed by atoms with Crippen molar-refractivity contribution in [3.05, 3.63) is 24.3 Å². The fraction of sp³-hybridized carbons (Fsp3) is 0.400. The van der Waals surface area contributed by atoms with Crippen LogP contribution in [0.25, 0.3) is 0 Å². The van der Waals surface area contributed by atoms with Crippen LogP contribution in [-0.2, 0) is 10.0 Å². The Bertz CT molecular complexity index is 414. The summed E-state index contributed by atoms with van der Waals surface area (Å²) in [5.41, 5.74) is 0. The summed E-state index contributed by atoms with van der Waals surface area (Å²) in [5.74, 6) is 0.828. The van der Waals surface area contributed by atoms with E-state index in [2.05, 4.69) is 4.72 Å². The van der Waals surface area contributed by atoms with Gasteiger partial charge in [-0.25, -0.2) is 13.1 Å². The molecule has 0 aliphatic carbocycles. The summed E-state index contributed by atoms with van der Waals surface area (Å²) in [6, 6.07) is 6.69. The van der Waals surface area contributed by atoms with E-state index in [0.29, 0.717) is 0 Å². The second-order valence-corrected chi connectivity index (χ2v) is 6.16. The molecule has 0 bridgehead atoms. The predicted octanol–water partition coefficient (Wildman–Crippen LogP) is 1.07. The maximum atomic E-state index is 11.4. The summed E-state index contributed by atoms with van der Waals surface area (Å²) < 4.78 is 25.1. The molecule has 0 fully saturated rings. The van der Waals surface area contributed by atoms with Gasteiger partial charge in [-0.15, -0.1) is 11.8 Å². The van der Waals surface area contributed by atoms with Gasteiger partial charge in [0.15, 0.2) is 0 Å². The summed E-state index contributed by atoms with van der Waals surface area (Å²) >= 11 is 1.60. The van der Waals surface area contributed by atoms with Gasteiger partial charge >= 0.3 is 0 Å². The van der Waals surface area contributed by atoms with Crippen molar-refractivity contribution in [3.8, 4) is 0 Å². The lowest BCUT2D eigenvalue weighted by Gasteiger charge is -2.04. The molecule has 4 nitrogen and oxygen atoms in total. The summed E-state index contributed by atoms with van der Waals surface area (Å²) in [5, 5.41) is 8.63. The average Bonchev–Trinajstić information content (AvgIpc) is 2.30. The van der Waals surface area contributed by atoms with Crippen LogP contribution in [0.5, 0.6) is 0 Å². The van der Waals surface area contributed by atoms with E-state index < -0.39 is 10.0 Å². The summed E-state index contributed by atoms with van der Waals surface area (Å²) in [6.45, 7) is 0.180. The van der Waals surface area contributed by atoms with E-state index in [1.807, 2.05) is 0 Å². The summed E-state index contributed by atoms with van der Waals surface area (Å²) in [6.07, 6.45) is 0.737. The van der Waals surface area contributed by atoms with Crippen LogP contribution in [-0.4, -0.2) is 32.9 Å². The minimum Gasteiger partial charge on any atom is -0.396 e. The normalized spacial score (nSPS) is 11.6. The number of thioether (sulfide) groups is 1. The molecule has 2 N–H and O–H groups in total. The maximum absolute atomic E-state index is 11.4. The Balaban J connectivity index is 2.68. The first-order valence-electron chi connectivity index (χ1n) is 4.87. The molecule has 0 saturated carbocycles. The molecule has 0 heterocycles. The van der Waals surface area contributed by atoms with Crippen molar-refractivity contribution in [1.82, 2.24) is 4.72 Å². The number of hydrogen-bond donors (Lipinski definition) is 2. The van der Waals surface area contributed by atoms with Crippen molar-refractivity contribution in [2.24, 2.45) is 0 Å². The first-order chi connectivity index (χ1) is 7.60. The maximum Gasteiger partial charge on any atom is 0.240 e. The average molecular weight is 261 g/mol. The smallest absolute Gasteiger partial charge is 0.240 e. The fourth-order valence-electron chi connectivity index (χ4n) is 1.09. The Labute approximate surface area is 100 Å². The van der Waals surface area contributed by atoms with Crippen LogP contribution in [0.3, 0.4) is 0 Å². The number of rotatable bonds is 6. The van der Waals surface area contributed by atoms with Crippen molar-refractivity contribution < 1.29 is 13.5 Å². The van der Waals surface area contributed by atoms with E-state index in [-0.39, 0.29) is 11.5 Å². The molecule has 90 valence electrons. The quantitative estimate of drug-likeness (QED) is 0.594. The van der Waals surface area contributed by atoms with Crippen LogP contribution >= 0.6 is 11.8 Å². The molecule has 0 unspecified atom stereocenters. The third-order valence-corrected chi connectivity index (χ3v) is 4.50. The Hall–Kier alpha value is -0.560. The van der Waals surface area contributed by atoms with Gasteiger partial charge in [0.1, 0.15) is 0 Å². The highest BCUT2D eigenvalue weighted by Gasteiger charge is 2.10. The molecule has 0 aliphatic rings. The first kappa shape index (κ1) is 13.5. The van der Waals surface area contributed by atoms with Crippen LogP contribution in [0.2, 0.25) is 0 Å². The SMILES string of the molecule is CNS(=O)(=O)c1ccc(SCCCO)cc1. The molecule has 0 aliphatic heterocycles. The molecule has 1 aromatic carbocycles. The molecule has 0 amide bonds. The van der Waals surface area contributed by atoms with E-state index in [0.717, 1.165) is 17.1 Å². The van der Waals surface area contributed by atoms with E-state index in [4.69, 9.17) is 5.11 Å². The van der Waals surface area contributed by atoms with Crippen LogP contribution < -0.4 is 4.72 Å². The Morgan fingerprint density at radius 3 is 2.44 bits per heavy atom. The number of nitrogens with one attached hydrogen (secondary N) is 1. The summed E-state index contributed by atoms with van der Waals surface area (Å²) in [7, 11) is -1.95. The van der Waals surface area contributed by atoms with Crippen molar-refractivity contribution in [1.29, 1.82) is 0 Å². The van der Waals surface area contributed by atoms with Crippen molar-refractivity contribution >= 4 is 21.8 Å². The molecule has 1 aromatic rings. The second-order valence-electron chi connectivity index (χ2n) is 3.10.